The maximum absolute atomic E-state index is 12.3. The molecule has 1 atom stereocenters. The van der Waals surface area contributed by atoms with Crippen molar-refractivity contribution in [2.45, 2.75) is 52.4 Å². The van der Waals surface area contributed by atoms with Crippen molar-refractivity contribution in [3.63, 3.8) is 0 Å². The molecule has 0 radical (unpaired) electrons. The highest BCUT2D eigenvalue weighted by atomic mass is 16.5. The van der Waals surface area contributed by atoms with Crippen molar-refractivity contribution in [3.05, 3.63) is 48.0 Å². The van der Waals surface area contributed by atoms with Crippen molar-refractivity contribution in [3.8, 4) is 6.07 Å². The molecule has 0 aromatic heterocycles. The molecule has 0 saturated carbocycles. The number of carbonyl (C=O) groups excluding carboxylic acids is 1. The summed E-state index contributed by atoms with van der Waals surface area (Å²) in [7, 11) is 0. The van der Waals surface area contributed by atoms with Gasteiger partial charge >= 0.3 is 5.97 Å². The van der Waals surface area contributed by atoms with E-state index in [1.165, 1.54) is 5.56 Å². The summed E-state index contributed by atoms with van der Waals surface area (Å²) in [6.45, 7) is 4.19. The molecule has 1 aromatic rings. The Morgan fingerprint density at radius 2 is 2.00 bits per heavy atom. The molecule has 3 heteroatoms. The molecule has 0 heterocycles. The Hall–Kier alpha value is -2.08. The van der Waals surface area contributed by atoms with Gasteiger partial charge in [-0.05, 0) is 38.2 Å². The Kier molecular flexibility index (Phi) is 8.75. The third-order valence-corrected chi connectivity index (χ3v) is 3.85. The Balaban J connectivity index is 2.74. The van der Waals surface area contributed by atoms with Crippen molar-refractivity contribution >= 4 is 5.97 Å². The maximum atomic E-state index is 12.3. The van der Waals surface area contributed by atoms with Crippen LogP contribution in [0.15, 0.2) is 42.5 Å². The Morgan fingerprint density at radius 1 is 1.26 bits per heavy atom. The number of ether oxygens (including phenoxy) is 1. The maximum Gasteiger partial charge on any atom is 0.330 e. The first kappa shape index (κ1) is 19.0. The van der Waals surface area contributed by atoms with Gasteiger partial charge in [-0.3, -0.25) is 0 Å². The van der Waals surface area contributed by atoms with Gasteiger partial charge in [-0.2, -0.15) is 5.26 Å². The fourth-order valence-electron chi connectivity index (χ4n) is 2.47. The molecule has 0 aliphatic rings. The molecule has 0 N–H and O–H groups in total. The molecule has 0 saturated heterocycles. The number of esters is 1. The van der Waals surface area contributed by atoms with Crippen molar-refractivity contribution < 1.29 is 9.53 Å². The third-order valence-electron chi connectivity index (χ3n) is 3.85. The monoisotopic (exact) mass is 313 g/mol. The normalized spacial score (nSPS) is 13.4. The Morgan fingerprint density at radius 3 is 2.61 bits per heavy atom. The summed E-state index contributed by atoms with van der Waals surface area (Å²) in [6, 6.07) is 12.3. The van der Waals surface area contributed by atoms with Crippen LogP contribution in [0, 0.1) is 16.7 Å². The molecule has 0 amide bonds. The van der Waals surface area contributed by atoms with E-state index in [0.717, 1.165) is 32.1 Å². The van der Waals surface area contributed by atoms with Crippen LogP contribution in [0.2, 0.25) is 0 Å². The van der Waals surface area contributed by atoms with Gasteiger partial charge in [0, 0.05) is 0 Å². The van der Waals surface area contributed by atoms with E-state index in [2.05, 4.69) is 25.1 Å². The summed E-state index contributed by atoms with van der Waals surface area (Å²) in [5.41, 5.74) is 0.0663. The molecule has 1 aromatic carbocycles. The molecule has 3 nitrogen and oxygen atoms in total. The predicted octanol–water partition coefficient (Wildman–Crippen LogP) is 4.83. The number of hydrogen-bond acceptors (Lipinski definition) is 3. The number of aryl methyl sites for hydroxylation is 1. The van der Waals surface area contributed by atoms with Crippen LogP contribution in [-0.2, 0) is 16.0 Å². The zero-order valence-electron chi connectivity index (χ0n) is 14.3. The second-order valence-corrected chi connectivity index (χ2v) is 5.69. The smallest absolute Gasteiger partial charge is 0.330 e. The van der Waals surface area contributed by atoms with E-state index in [1.54, 1.807) is 13.0 Å². The molecular formula is C20H27NO2. The van der Waals surface area contributed by atoms with Gasteiger partial charge in [-0.15, -0.1) is 0 Å². The second kappa shape index (κ2) is 10.6. The van der Waals surface area contributed by atoms with Crippen molar-refractivity contribution in [2.75, 3.05) is 6.61 Å². The van der Waals surface area contributed by atoms with Crippen LogP contribution in [-0.4, -0.2) is 12.6 Å². The number of nitriles is 1. The first-order valence-corrected chi connectivity index (χ1v) is 8.48. The zero-order valence-corrected chi connectivity index (χ0v) is 14.3. The van der Waals surface area contributed by atoms with Crippen LogP contribution in [0.3, 0.4) is 0 Å². The van der Waals surface area contributed by atoms with Crippen LogP contribution in [0.4, 0.5) is 0 Å². The number of carbonyl (C=O) groups is 1. The molecule has 1 rings (SSSR count). The van der Waals surface area contributed by atoms with Gasteiger partial charge in [0.05, 0.1) is 12.7 Å². The number of hydrogen-bond donors (Lipinski definition) is 0. The van der Waals surface area contributed by atoms with Gasteiger partial charge in [0.25, 0.3) is 0 Å². The number of unbranched alkanes of at least 4 members (excludes halogenated alkanes) is 2. The van der Waals surface area contributed by atoms with Gasteiger partial charge in [0.15, 0.2) is 5.41 Å². The highest BCUT2D eigenvalue weighted by Gasteiger charge is 2.37. The fourth-order valence-corrected chi connectivity index (χ4v) is 2.47. The van der Waals surface area contributed by atoms with Crippen LogP contribution in [0.5, 0.6) is 0 Å². The summed E-state index contributed by atoms with van der Waals surface area (Å²) >= 11 is 0. The molecule has 0 unspecified atom stereocenters. The fraction of sp³-hybridized carbons (Fsp3) is 0.500. The highest BCUT2D eigenvalue weighted by molar-refractivity contribution is 5.82. The Bertz CT molecular complexity index is 530. The first-order valence-electron chi connectivity index (χ1n) is 8.48. The summed E-state index contributed by atoms with van der Waals surface area (Å²) in [4.78, 5) is 12.3. The van der Waals surface area contributed by atoms with E-state index < -0.39 is 11.4 Å². The molecule has 0 aliphatic heterocycles. The molecule has 23 heavy (non-hydrogen) atoms. The summed E-state index contributed by atoms with van der Waals surface area (Å²) < 4.78 is 5.15. The molecule has 0 bridgehead atoms. The average Bonchev–Trinajstić information content (AvgIpc) is 2.58. The molecule has 0 spiro atoms. The SMILES string of the molecule is CCCC/C=C/[C@](C#N)(CCCc1ccccc1)C(=O)OCC. The van der Waals surface area contributed by atoms with Crippen molar-refractivity contribution in [1.29, 1.82) is 5.26 Å². The second-order valence-electron chi connectivity index (χ2n) is 5.69. The quantitative estimate of drug-likeness (QED) is 0.353. The standard InChI is InChI=1S/C20H27NO2/c1-3-5-6-10-15-20(17-21,19(22)23-4-2)16-11-14-18-12-8-7-9-13-18/h7-10,12-13,15H,3-6,11,14,16H2,1-2H3/b15-10+/t20-/m1/s1. The van der Waals surface area contributed by atoms with Gasteiger partial charge in [0.2, 0.25) is 0 Å². The van der Waals surface area contributed by atoms with Crippen LogP contribution < -0.4 is 0 Å². The lowest BCUT2D eigenvalue weighted by atomic mass is 9.83. The van der Waals surface area contributed by atoms with Gasteiger partial charge in [-0.1, -0.05) is 62.2 Å². The average molecular weight is 313 g/mol. The summed E-state index contributed by atoms with van der Waals surface area (Å²) in [5, 5.41) is 9.63. The largest absolute Gasteiger partial charge is 0.465 e. The predicted molar refractivity (Wildman–Crippen MR) is 92.7 cm³/mol. The van der Waals surface area contributed by atoms with Gasteiger partial charge in [-0.25, -0.2) is 4.79 Å². The minimum atomic E-state index is -1.15. The van der Waals surface area contributed by atoms with E-state index in [1.807, 2.05) is 24.3 Å². The highest BCUT2D eigenvalue weighted by Crippen LogP contribution is 2.28. The summed E-state index contributed by atoms with van der Waals surface area (Å²) in [6.07, 6.45) is 8.86. The Labute approximate surface area is 140 Å². The first-order chi connectivity index (χ1) is 11.2. The topological polar surface area (TPSA) is 50.1 Å². The molecule has 124 valence electrons. The molecule has 0 fully saturated rings. The van der Waals surface area contributed by atoms with Crippen molar-refractivity contribution in [1.82, 2.24) is 0 Å². The number of allylic oxidation sites excluding steroid dienone is 1. The van der Waals surface area contributed by atoms with E-state index in [-0.39, 0.29) is 0 Å². The van der Waals surface area contributed by atoms with Crippen molar-refractivity contribution in [2.24, 2.45) is 5.41 Å². The zero-order chi connectivity index (χ0) is 17.0. The van der Waals surface area contributed by atoms with Gasteiger partial charge in [0.1, 0.15) is 0 Å². The van der Waals surface area contributed by atoms with Crippen LogP contribution in [0.25, 0.3) is 0 Å². The van der Waals surface area contributed by atoms with Crippen LogP contribution in [0.1, 0.15) is 51.5 Å². The van der Waals surface area contributed by atoms with Gasteiger partial charge < -0.3 is 4.74 Å². The number of benzene rings is 1. The van der Waals surface area contributed by atoms with Crippen LogP contribution >= 0.6 is 0 Å². The number of nitrogens with zero attached hydrogens (tertiary/aromatic N) is 1. The summed E-state index contributed by atoms with van der Waals surface area (Å²) in [5.74, 6) is -0.427. The van der Waals surface area contributed by atoms with E-state index in [9.17, 15) is 10.1 Å². The lowest BCUT2D eigenvalue weighted by Gasteiger charge is -2.21. The molecular weight excluding hydrogens is 286 g/mol. The van der Waals surface area contributed by atoms with E-state index in [4.69, 9.17) is 4.74 Å². The third kappa shape index (κ3) is 6.28. The minimum Gasteiger partial charge on any atom is -0.465 e. The minimum absolute atomic E-state index is 0.295. The lowest BCUT2D eigenvalue weighted by molar-refractivity contribution is -0.149. The lowest BCUT2D eigenvalue weighted by Crippen LogP contribution is -2.30. The van der Waals surface area contributed by atoms with E-state index >= 15 is 0 Å². The number of rotatable bonds is 10. The molecule has 0 aliphatic carbocycles. The van der Waals surface area contributed by atoms with E-state index in [0.29, 0.717) is 13.0 Å².